The van der Waals surface area contributed by atoms with Crippen LogP contribution in [0.3, 0.4) is 0 Å². The lowest BCUT2D eigenvalue weighted by Crippen LogP contribution is -2.43. The van der Waals surface area contributed by atoms with E-state index in [9.17, 15) is 4.79 Å². The van der Waals surface area contributed by atoms with Gasteiger partial charge >= 0.3 is 0 Å². The highest BCUT2D eigenvalue weighted by atomic mass is 35.5. The number of carbonyl (C=O) groups is 1. The van der Waals surface area contributed by atoms with Crippen molar-refractivity contribution in [2.45, 2.75) is 27.3 Å². The van der Waals surface area contributed by atoms with Crippen LogP contribution in [-0.2, 0) is 11.3 Å². The molecular weight excluding hydrogens is 422 g/mol. The molecule has 4 rings (SSSR count). The molecule has 1 aliphatic heterocycles. The van der Waals surface area contributed by atoms with E-state index in [1.807, 2.05) is 11.8 Å². The number of hydrogen-bond acceptors (Lipinski definition) is 6. The first-order valence-corrected chi connectivity index (χ1v) is 10.9. The summed E-state index contributed by atoms with van der Waals surface area (Å²) in [6.07, 6.45) is 1.68. The summed E-state index contributed by atoms with van der Waals surface area (Å²) in [4.78, 5) is 22.5. The summed E-state index contributed by atoms with van der Waals surface area (Å²) < 4.78 is 8.33. The zero-order valence-corrected chi connectivity index (χ0v) is 19.3. The third kappa shape index (κ3) is 4.67. The van der Waals surface area contributed by atoms with Crippen LogP contribution in [0.4, 0.5) is 5.13 Å². The van der Waals surface area contributed by atoms with Crippen molar-refractivity contribution in [2.75, 3.05) is 44.3 Å². The lowest BCUT2D eigenvalue weighted by molar-refractivity contribution is 0.0391. The zero-order chi connectivity index (χ0) is 20.4. The summed E-state index contributed by atoms with van der Waals surface area (Å²) in [5, 5.41) is 5.02. The highest BCUT2D eigenvalue weighted by Crippen LogP contribution is 2.32. The van der Waals surface area contributed by atoms with Crippen LogP contribution in [-0.4, -0.2) is 65.0 Å². The zero-order valence-electron chi connectivity index (χ0n) is 17.6. The molecule has 0 N–H and O–H groups in total. The average molecular weight is 450 g/mol. The van der Waals surface area contributed by atoms with Crippen LogP contribution in [0.2, 0.25) is 0 Å². The fourth-order valence-electron chi connectivity index (χ4n) is 3.74. The number of anilines is 1. The number of benzene rings is 1. The summed E-state index contributed by atoms with van der Waals surface area (Å²) in [6, 6.07) is 6.04. The topological polar surface area (TPSA) is 63.5 Å². The summed E-state index contributed by atoms with van der Waals surface area (Å²) >= 11 is 1.59. The van der Waals surface area contributed by atoms with Gasteiger partial charge in [-0.25, -0.2) is 4.98 Å². The minimum atomic E-state index is -0.0500. The van der Waals surface area contributed by atoms with E-state index < -0.39 is 0 Å². The van der Waals surface area contributed by atoms with Crippen LogP contribution in [0.15, 0.2) is 24.4 Å². The Labute approximate surface area is 187 Å². The summed E-state index contributed by atoms with van der Waals surface area (Å²) in [7, 11) is 0. The SMILES string of the molecule is CCn1nccc1C(=O)N(CCN1CCOCC1)c1nc2cc(C)cc(C)c2s1.Cl. The maximum atomic E-state index is 13.5. The number of fused-ring (bicyclic) bond motifs is 1. The smallest absolute Gasteiger partial charge is 0.278 e. The molecule has 3 heterocycles. The normalized spacial score (nSPS) is 14.6. The molecule has 1 aromatic carbocycles. The number of hydrogen-bond donors (Lipinski definition) is 0. The van der Waals surface area contributed by atoms with Crippen LogP contribution < -0.4 is 4.90 Å². The average Bonchev–Trinajstić information content (AvgIpc) is 3.35. The van der Waals surface area contributed by atoms with Crippen molar-refractivity contribution < 1.29 is 9.53 Å². The molecule has 0 saturated carbocycles. The van der Waals surface area contributed by atoms with Gasteiger partial charge in [0.2, 0.25) is 0 Å². The monoisotopic (exact) mass is 449 g/mol. The molecule has 1 aliphatic rings. The number of nitrogens with zero attached hydrogens (tertiary/aromatic N) is 5. The highest BCUT2D eigenvalue weighted by Gasteiger charge is 2.25. The van der Waals surface area contributed by atoms with Crippen LogP contribution in [0.5, 0.6) is 0 Å². The van der Waals surface area contributed by atoms with Crippen molar-refractivity contribution in [1.82, 2.24) is 19.7 Å². The molecule has 9 heteroatoms. The number of aromatic nitrogens is 3. The first-order chi connectivity index (χ1) is 14.1. The second-order valence-electron chi connectivity index (χ2n) is 7.37. The molecule has 1 fully saturated rings. The molecule has 0 bridgehead atoms. The van der Waals surface area contributed by atoms with Gasteiger partial charge in [0.1, 0.15) is 5.69 Å². The Morgan fingerprint density at radius 2 is 2.03 bits per heavy atom. The molecule has 0 unspecified atom stereocenters. The van der Waals surface area contributed by atoms with Crippen LogP contribution in [0.1, 0.15) is 28.5 Å². The van der Waals surface area contributed by atoms with Crippen molar-refractivity contribution in [3.63, 3.8) is 0 Å². The minimum Gasteiger partial charge on any atom is -0.379 e. The van der Waals surface area contributed by atoms with Gasteiger partial charge in [-0.05, 0) is 44.0 Å². The summed E-state index contributed by atoms with van der Waals surface area (Å²) in [5.41, 5.74) is 3.93. The predicted octanol–water partition coefficient (Wildman–Crippen LogP) is 3.53. The van der Waals surface area contributed by atoms with E-state index >= 15 is 0 Å². The molecule has 0 spiro atoms. The third-order valence-electron chi connectivity index (χ3n) is 5.26. The van der Waals surface area contributed by atoms with E-state index in [0.717, 1.165) is 48.2 Å². The lowest BCUT2D eigenvalue weighted by Gasteiger charge is -2.29. The molecule has 0 aliphatic carbocycles. The molecule has 162 valence electrons. The Bertz CT molecular complexity index is 1010. The number of halogens is 1. The van der Waals surface area contributed by atoms with Crippen molar-refractivity contribution in [3.05, 3.63) is 41.2 Å². The molecular formula is C21H28ClN5O2S. The van der Waals surface area contributed by atoms with Crippen molar-refractivity contribution in [3.8, 4) is 0 Å². The fourth-order valence-corrected chi connectivity index (χ4v) is 4.78. The highest BCUT2D eigenvalue weighted by molar-refractivity contribution is 7.22. The molecule has 3 aromatic rings. The first-order valence-electron chi connectivity index (χ1n) is 10.1. The van der Waals surface area contributed by atoms with Crippen molar-refractivity contribution in [2.24, 2.45) is 0 Å². The Balaban J connectivity index is 0.00000256. The minimum absolute atomic E-state index is 0. The van der Waals surface area contributed by atoms with Gasteiger partial charge in [-0.15, -0.1) is 12.4 Å². The maximum Gasteiger partial charge on any atom is 0.278 e. The molecule has 1 saturated heterocycles. The Kier molecular flexibility index (Phi) is 7.46. The van der Waals surface area contributed by atoms with Gasteiger partial charge < -0.3 is 4.74 Å². The quantitative estimate of drug-likeness (QED) is 0.576. The van der Waals surface area contributed by atoms with Gasteiger partial charge in [-0.1, -0.05) is 17.4 Å². The van der Waals surface area contributed by atoms with Gasteiger partial charge in [-0.2, -0.15) is 5.10 Å². The summed E-state index contributed by atoms with van der Waals surface area (Å²) in [6.45, 7) is 11.5. The molecule has 0 radical (unpaired) electrons. The second kappa shape index (κ2) is 9.87. The summed E-state index contributed by atoms with van der Waals surface area (Å²) in [5.74, 6) is -0.0500. The number of rotatable bonds is 6. The van der Waals surface area contributed by atoms with Gasteiger partial charge in [0.05, 0.1) is 23.4 Å². The van der Waals surface area contributed by atoms with Gasteiger partial charge in [0, 0.05) is 38.9 Å². The van der Waals surface area contributed by atoms with E-state index in [4.69, 9.17) is 9.72 Å². The number of amides is 1. The molecule has 2 aromatic heterocycles. The van der Waals surface area contributed by atoms with E-state index in [0.29, 0.717) is 18.8 Å². The van der Waals surface area contributed by atoms with Gasteiger partial charge in [0.25, 0.3) is 5.91 Å². The number of aryl methyl sites for hydroxylation is 3. The first kappa shape index (κ1) is 22.7. The van der Waals surface area contributed by atoms with Crippen LogP contribution in [0, 0.1) is 13.8 Å². The number of ether oxygens (including phenoxy) is 1. The fraction of sp³-hybridized carbons (Fsp3) is 0.476. The number of thiazole rings is 1. The maximum absolute atomic E-state index is 13.5. The number of carbonyl (C=O) groups excluding carboxylic acids is 1. The van der Waals surface area contributed by atoms with E-state index in [1.54, 1.807) is 28.3 Å². The largest absolute Gasteiger partial charge is 0.379 e. The Morgan fingerprint density at radius 1 is 1.27 bits per heavy atom. The van der Waals surface area contributed by atoms with E-state index in [1.165, 1.54) is 11.1 Å². The second-order valence-corrected chi connectivity index (χ2v) is 8.35. The Morgan fingerprint density at radius 3 is 2.77 bits per heavy atom. The molecule has 0 atom stereocenters. The number of morpholine rings is 1. The van der Waals surface area contributed by atoms with Crippen LogP contribution in [0.25, 0.3) is 10.2 Å². The molecule has 30 heavy (non-hydrogen) atoms. The third-order valence-corrected chi connectivity index (χ3v) is 6.49. The van der Waals surface area contributed by atoms with Crippen LogP contribution >= 0.6 is 23.7 Å². The Hall–Kier alpha value is -2.00. The van der Waals surface area contributed by atoms with Gasteiger partial charge in [-0.3, -0.25) is 19.3 Å². The predicted molar refractivity (Wildman–Crippen MR) is 123 cm³/mol. The van der Waals surface area contributed by atoms with Crippen molar-refractivity contribution in [1.29, 1.82) is 0 Å². The standard InChI is InChI=1S/C21H27N5O2S.ClH/c1-4-26-18(5-6-22-26)20(27)25(8-7-24-9-11-28-12-10-24)21-23-17-14-15(2)13-16(3)19(17)29-21;/h5-6,13-14H,4,7-12H2,1-3H3;1H. The van der Waals surface area contributed by atoms with Crippen molar-refractivity contribution >= 4 is 45.0 Å². The molecule has 1 amide bonds. The van der Waals surface area contributed by atoms with E-state index in [2.05, 4.69) is 36.0 Å². The van der Waals surface area contributed by atoms with E-state index in [-0.39, 0.29) is 18.3 Å². The lowest BCUT2D eigenvalue weighted by atomic mass is 10.1. The van der Waals surface area contributed by atoms with Gasteiger partial charge in [0.15, 0.2) is 5.13 Å². The molecule has 7 nitrogen and oxygen atoms in total.